The van der Waals surface area contributed by atoms with Gasteiger partial charge in [0.1, 0.15) is 18.1 Å². The summed E-state index contributed by atoms with van der Waals surface area (Å²) in [5.74, 6) is -0.973. The smallest absolute Gasteiger partial charge is 0.221 e. The van der Waals surface area contributed by atoms with Gasteiger partial charge in [-0.25, -0.2) is 18.7 Å². The summed E-state index contributed by atoms with van der Waals surface area (Å²) in [6.45, 7) is 5.95. The Morgan fingerprint density at radius 1 is 1.08 bits per heavy atom. The fraction of sp³-hybridized carbons (Fsp3) is 0.346. The summed E-state index contributed by atoms with van der Waals surface area (Å²) in [4.78, 5) is 32.0. The first-order valence-corrected chi connectivity index (χ1v) is 11.8. The molecule has 0 bridgehead atoms. The molecular weight excluding hydrogens is 466 g/mol. The molecule has 4 rings (SSSR count). The van der Waals surface area contributed by atoms with E-state index in [4.69, 9.17) is 4.84 Å². The Morgan fingerprint density at radius 3 is 2.50 bits per heavy atom. The van der Waals surface area contributed by atoms with Gasteiger partial charge >= 0.3 is 0 Å². The van der Waals surface area contributed by atoms with Crippen LogP contribution in [0, 0.1) is 11.6 Å². The van der Waals surface area contributed by atoms with Gasteiger partial charge in [0.15, 0.2) is 11.6 Å². The Morgan fingerprint density at radius 2 is 1.83 bits per heavy atom. The van der Waals surface area contributed by atoms with Gasteiger partial charge in [0.2, 0.25) is 5.91 Å². The number of nitrogens with zero attached hydrogens (tertiary/aromatic N) is 5. The third-order valence-corrected chi connectivity index (χ3v) is 5.96. The maximum atomic E-state index is 13.8. The third kappa shape index (κ3) is 6.45. The average Bonchev–Trinajstić information content (AvgIpc) is 2.87. The summed E-state index contributed by atoms with van der Waals surface area (Å²) >= 11 is 0. The van der Waals surface area contributed by atoms with Crippen molar-refractivity contribution in [2.75, 3.05) is 25.0 Å². The molecule has 1 aromatic carbocycles. The Balaban J connectivity index is 1.38. The van der Waals surface area contributed by atoms with Gasteiger partial charge in [-0.2, -0.15) is 0 Å². The first-order chi connectivity index (χ1) is 17.4. The van der Waals surface area contributed by atoms with Gasteiger partial charge < -0.3 is 10.2 Å². The molecule has 3 aromatic rings. The predicted octanol–water partition coefficient (Wildman–Crippen LogP) is 4.28. The van der Waals surface area contributed by atoms with E-state index in [0.29, 0.717) is 47.4 Å². The molecule has 3 heterocycles. The van der Waals surface area contributed by atoms with E-state index in [9.17, 15) is 13.6 Å². The number of piperidine rings is 1. The van der Waals surface area contributed by atoms with Crippen LogP contribution in [0.1, 0.15) is 55.1 Å². The molecule has 1 amide bonds. The maximum Gasteiger partial charge on any atom is 0.221 e. The number of likely N-dealkylation sites (tertiary alicyclic amines) is 1. The highest BCUT2D eigenvalue weighted by molar-refractivity contribution is 6.12. The van der Waals surface area contributed by atoms with Crippen molar-refractivity contribution in [2.45, 2.75) is 39.2 Å². The first-order valence-electron chi connectivity index (χ1n) is 11.8. The maximum absolute atomic E-state index is 13.8. The number of benzene rings is 1. The highest BCUT2D eigenvalue weighted by atomic mass is 19.2. The Hall–Kier alpha value is -3.79. The number of carbonyl (C=O) groups excluding carboxylic acids is 1. The zero-order chi connectivity index (χ0) is 25.5. The van der Waals surface area contributed by atoms with Crippen molar-refractivity contribution in [3.8, 4) is 0 Å². The van der Waals surface area contributed by atoms with Crippen molar-refractivity contribution in [1.29, 1.82) is 0 Å². The fourth-order valence-corrected chi connectivity index (χ4v) is 4.18. The molecule has 0 aliphatic carbocycles. The average molecular weight is 495 g/mol. The Labute approximate surface area is 208 Å². The lowest BCUT2D eigenvalue weighted by Gasteiger charge is -2.31. The van der Waals surface area contributed by atoms with Crippen LogP contribution in [0.5, 0.6) is 0 Å². The van der Waals surface area contributed by atoms with Crippen LogP contribution >= 0.6 is 0 Å². The summed E-state index contributed by atoms with van der Waals surface area (Å²) < 4.78 is 27.2. The van der Waals surface area contributed by atoms with E-state index in [1.807, 2.05) is 12.3 Å². The van der Waals surface area contributed by atoms with E-state index < -0.39 is 11.6 Å². The monoisotopic (exact) mass is 494 g/mol. The number of pyridine rings is 1. The van der Waals surface area contributed by atoms with E-state index in [0.717, 1.165) is 43.6 Å². The lowest BCUT2D eigenvalue weighted by molar-refractivity contribution is -0.114. The van der Waals surface area contributed by atoms with E-state index in [1.54, 1.807) is 25.5 Å². The second-order valence-corrected chi connectivity index (χ2v) is 8.61. The molecule has 8 nitrogen and oxygen atoms in total. The Bertz CT molecular complexity index is 1230. The van der Waals surface area contributed by atoms with Gasteiger partial charge in [0, 0.05) is 36.6 Å². The minimum absolute atomic E-state index is 0.115. The topological polar surface area (TPSA) is 92.6 Å². The minimum atomic E-state index is -0.963. The van der Waals surface area contributed by atoms with Crippen LogP contribution in [0.15, 0.2) is 54.2 Å². The number of hydrogen-bond donors (Lipinski definition) is 1. The summed E-state index contributed by atoms with van der Waals surface area (Å²) in [6, 6.07) is 5.56. The molecule has 36 heavy (non-hydrogen) atoms. The lowest BCUT2D eigenvalue weighted by atomic mass is 9.90. The molecule has 188 valence electrons. The van der Waals surface area contributed by atoms with Crippen LogP contribution in [-0.2, 0) is 16.2 Å². The highest BCUT2D eigenvalue weighted by Gasteiger charge is 2.22. The van der Waals surface area contributed by atoms with E-state index in [-0.39, 0.29) is 5.91 Å². The molecule has 2 aromatic heterocycles. The standard InChI is InChI=1S/C26H28F2N6O2/c1-3-36-33-26(19-4-5-23(27)24(28)11-19)21-13-30-25(31-14-21)16-34-8-6-18(7-9-34)20-10-22(15-29-12-20)32-17(2)35/h4-5,10-15,18H,3,6-9,16H2,1-2H3,(H,32,35)/b33-26-. The van der Waals surface area contributed by atoms with Crippen LogP contribution in [0.3, 0.4) is 0 Å². The second kappa shape index (κ2) is 11.8. The van der Waals surface area contributed by atoms with Gasteiger partial charge in [-0.3, -0.25) is 14.7 Å². The molecule has 1 aliphatic rings. The molecular formula is C26H28F2N6O2. The molecule has 0 spiro atoms. The predicted molar refractivity (Wildman–Crippen MR) is 131 cm³/mol. The second-order valence-electron chi connectivity index (χ2n) is 8.61. The van der Waals surface area contributed by atoms with Crippen LogP contribution in [-0.4, -0.2) is 51.2 Å². The van der Waals surface area contributed by atoms with Gasteiger partial charge in [0.25, 0.3) is 0 Å². The van der Waals surface area contributed by atoms with Crippen LogP contribution in [0.4, 0.5) is 14.5 Å². The highest BCUT2D eigenvalue weighted by Crippen LogP contribution is 2.29. The number of halogens is 2. The van der Waals surface area contributed by atoms with Crippen molar-refractivity contribution in [3.63, 3.8) is 0 Å². The molecule has 1 fully saturated rings. The van der Waals surface area contributed by atoms with Crippen molar-refractivity contribution in [2.24, 2.45) is 5.16 Å². The van der Waals surface area contributed by atoms with Gasteiger partial charge in [-0.15, -0.1) is 0 Å². The summed E-state index contributed by atoms with van der Waals surface area (Å²) in [6.07, 6.45) is 8.68. The van der Waals surface area contributed by atoms with Gasteiger partial charge in [-0.05, 0) is 68.6 Å². The Kier molecular flexibility index (Phi) is 8.27. The molecule has 0 saturated carbocycles. The van der Waals surface area contributed by atoms with Crippen molar-refractivity contribution < 1.29 is 18.4 Å². The zero-order valence-electron chi connectivity index (χ0n) is 20.2. The molecule has 0 unspecified atom stereocenters. The molecule has 0 radical (unpaired) electrons. The van der Waals surface area contributed by atoms with Gasteiger partial charge in [0.05, 0.1) is 18.4 Å². The number of anilines is 1. The van der Waals surface area contributed by atoms with Crippen LogP contribution in [0.2, 0.25) is 0 Å². The van der Waals surface area contributed by atoms with Crippen LogP contribution in [0.25, 0.3) is 0 Å². The molecule has 10 heteroatoms. The summed E-state index contributed by atoms with van der Waals surface area (Å²) in [7, 11) is 0. The van der Waals surface area contributed by atoms with E-state index in [2.05, 4.69) is 30.3 Å². The summed E-state index contributed by atoms with van der Waals surface area (Å²) in [5.41, 5.74) is 3.09. The number of amides is 1. The quantitative estimate of drug-likeness (QED) is 0.371. The van der Waals surface area contributed by atoms with Crippen molar-refractivity contribution in [1.82, 2.24) is 19.9 Å². The van der Waals surface area contributed by atoms with Crippen LogP contribution < -0.4 is 5.32 Å². The van der Waals surface area contributed by atoms with Crippen molar-refractivity contribution in [3.05, 3.63) is 83.2 Å². The number of carbonyl (C=O) groups is 1. The lowest BCUT2D eigenvalue weighted by Crippen LogP contribution is -2.33. The molecule has 1 aliphatic heterocycles. The van der Waals surface area contributed by atoms with E-state index >= 15 is 0 Å². The molecule has 1 saturated heterocycles. The number of nitrogens with one attached hydrogen (secondary N) is 1. The summed E-state index contributed by atoms with van der Waals surface area (Å²) in [5, 5.41) is 6.85. The third-order valence-electron chi connectivity index (χ3n) is 5.96. The zero-order valence-corrected chi connectivity index (χ0v) is 20.2. The number of rotatable bonds is 8. The SMILES string of the molecule is CCO/N=C(\c1cnc(CN2CCC(c3cncc(NC(C)=O)c3)CC2)nc1)c1ccc(F)c(F)c1. The van der Waals surface area contributed by atoms with Crippen molar-refractivity contribution >= 4 is 17.3 Å². The fourth-order valence-electron chi connectivity index (χ4n) is 4.18. The number of aromatic nitrogens is 3. The first kappa shape index (κ1) is 25.3. The largest absolute Gasteiger partial charge is 0.396 e. The van der Waals surface area contributed by atoms with Gasteiger partial charge in [-0.1, -0.05) is 5.16 Å². The molecule has 0 atom stereocenters. The number of oxime groups is 1. The normalized spacial score (nSPS) is 15.1. The number of hydrogen-bond acceptors (Lipinski definition) is 7. The minimum Gasteiger partial charge on any atom is -0.396 e. The van der Waals surface area contributed by atoms with E-state index in [1.165, 1.54) is 13.0 Å². The molecule has 1 N–H and O–H groups in total.